The first kappa shape index (κ1) is 20.2. The Kier molecular flexibility index (Phi) is 6.67. The molecule has 9 heteroatoms. The normalized spacial score (nSPS) is 11.7. The summed E-state index contributed by atoms with van der Waals surface area (Å²) in [6, 6.07) is 11.3. The average Bonchev–Trinajstić information content (AvgIpc) is 2.73. The van der Waals surface area contributed by atoms with Crippen molar-refractivity contribution in [3.63, 3.8) is 0 Å². The highest BCUT2D eigenvalue weighted by atomic mass is 16.5. The third-order valence-electron chi connectivity index (χ3n) is 4.08. The average molecular weight is 393 g/mol. The van der Waals surface area contributed by atoms with Gasteiger partial charge in [0.25, 0.3) is 5.91 Å². The molecule has 2 heterocycles. The molecule has 0 fully saturated rings. The SMILES string of the molecule is COCC(N)CNc1ncc(C(N)=O)c(Nc2cccc(-c3cccnc3)c2)n1. The fraction of sp³-hybridized carbons (Fsp3) is 0.200. The van der Waals surface area contributed by atoms with Gasteiger partial charge in [-0.05, 0) is 23.8 Å². The lowest BCUT2D eigenvalue weighted by Crippen LogP contribution is -2.33. The third-order valence-corrected chi connectivity index (χ3v) is 4.08. The standard InChI is InChI=1S/C20H23N7O2/c1-29-12-15(21)10-24-20-25-11-17(18(22)28)19(27-20)26-16-6-2-4-13(8-16)14-5-3-7-23-9-14/h2-9,11,15H,10,12,21H2,1H3,(H2,22,28)(H2,24,25,26,27). The van der Waals surface area contributed by atoms with Crippen LogP contribution in [0.2, 0.25) is 0 Å². The minimum absolute atomic E-state index is 0.184. The van der Waals surface area contributed by atoms with Crippen molar-refractivity contribution < 1.29 is 9.53 Å². The summed E-state index contributed by atoms with van der Waals surface area (Å²) in [4.78, 5) is 24.5. The topological polar surface area (TPSA) is 141 Å². The number of hydrogen-bond donors (Lipinski definition) is 4. The summed E-state index contributed by atoms with van der Waals surface area (Å²) in [5, 5.41) is 6.18. The highest BCUT2D eigenvalue weighted by Crippen LogP contribution is 2.25. The number of ether oxygens (including phenoxy) is 1. The van der Waals surface area contributed by atoms with Crippen LogP contribution in [0.15, 0.2) is 55.0 Å². The van der Waals surface area contributed by atoms with Gasteiger partial charge < -0.3 is 26.8 Å². The number of aromatic nitrogens is 3. The zero-order valence-corrected chi connectivity index (χ0v) is 16.0. The van der Waals surface area contributed by atoms with Gasteiger partial charge in [-0.1, -0.05) is 18.2 Å². The first-order chi connectivity index (χ1) is 14.1. The lowest BCUT2D eigenvalue weighted by atomic mass is 10.1. The van der Waals surface area contributed by atoms with Crippen molar-refractivity contribution in [1.82, 2.24) is 15.0 Å². The number of methoxy groups -OCH3 is 1. The molecule has 1 aromatic carbocycles. The number of amides is 1. The number of primary amides is 1. The van der Waals surface area contributed by atoms with Crippen molar-refractivity contribution >= 4 is 23.4 Å². The van der Waals surface area contributed by atoms with Crippen LogP contribution < -0.4 is 22.1 Å². The smallest absolute Gasteiger partial charge is 0.254 e. The van der Waals surface area contributed by atoms with E-state index in [1.807, 2.05) is 36.4 Å². The van der Waals surface area contributed by atoms with E-state index in [9.17, 15) is 4.79 Å². The highest BCUT2D eigenvalue weighted by molar-refractivity contribution is 5.98. The highest BCUT2D eigenvalue weighted by Gasteiger charge is 2.13. The number of nitrogens with two attached hydrogens (primary N) is 2. The summed E-state index contributed by atoms with van der Waals surface area (Å²) in [7, 11) is 1.58. The van der Waals surface area contributed by atoms with E-state index in [0.717, 1.165) is 16.8 Å². The first-order valence-corrected chi connectivity index (χ1v) is 8.99. The molecule has 0 saturated heterocycles. The summed E-state index contributed by atoms with van der Waals surface area (Å²) in [6.45, 7) is 0.818. The van der Waals surface area contributed by atoms with Gasteiger partial charge in [-0.25, -0.2) is 4.98 Å². The number of benzene rings is 1. The summed E-state index contributed by atoms with van der Waals surface area (Å²) >= 11 is 0. The number of hydrogen-bond acceptors (Lipinski definition) is 8. The largest absolute Gasteiger partial charge is 0.383 e. The predicted molar refractivity (Wildman–Crippen MR) is 112 cm³/mol. The molecule has 0 spiro atoms. The molecule has 0 saturated carbocycles. The number of carbonyl (C=O) groups is 1. The molecule has 29 heavy (non-hydrogen) atoms. The fourth-order valence-electron chi connectivity index (χ4n) is 2.68. The van der Waals surface area contributed by atoms with E-state index in [1.54, 1.807) is 19.5 Å². The van der Waals surface area contributed by atoms with Crippen molar-refractivity contribution in [2.75, 3.05) is 30.9 Å². The van der Waals surface area contributed by atoms with Gasteiger partial charge in [0.15, 0.2) is 0 Å². The Morgan fingerprint density at radius 1 is 1.21 bits per heavy atom. The Morgan fingerprint density at radius 2 is 2.03 bits per heavy atom. The van der Waals surface area contributed by atoms with Crippen LogP contribution in [0.3, 0.4) is 0 Å². The zero-order chi connectivity index (χ0) is 20.6. The van der Waals surface area contributed by atoms with E-state index in [4.69, 9.17) is 16.2 Å². The Labute approximate surface area is 168 Å². The molecule has 9 nitrogen and oxygen atoms in total. The molecule has 3 aromatic rings. The molecule has 0 bridgehead atoms. The van der Waals surface area contributed by atoms with Gasteiger partial charge in [0.2, 0.25) is 5.95 Å². The van der Waals surface area contributed by atoms with Gasteiger partial charge in [-0.15, -0.1) is 0 Å². The van der Waals surface area contributed by atoms with Crippen LogP contribution >= 0.6 is 0 Å². The molecule has 0 radical (unpaired) electrons. The molecule has 150 valence electrons. The van der Waals surface area contributed by atoms with Crippen molar-refractivity contribution in [2.45, 2.75) is 6.04 Å². The van der Waals surface area contributed by atoms with Gasteiger partial charge in [-0.3, -0.25) is 9.78 Å². The van der Waals surface area contributed by atoms with Gasteiger partial charge >= 0.3 is 0 Å². The Hall–Kier alpha value is -3.56. The van der Waals surface area contributed by atoms with Gasteiger partial charge in [0.05, 0.1) is 6.61 Å². The van der Waals surface area contributed by atoms with Crippen LogP contribution in [0.25, 0.3) is 11.1 Å². The number of rotatable bonds is 9. The molecule has 1 amide bonds. The molecule has 6 N–H and O–H groups in total. The molecule has 1 atom stereocenters. The number of nitrogens with zero attached hydrogens (tertiary/aromatic N) is 3. The molecule has 2 aromatic heterocycles. The van der Waals surface area contributed by atoms with E-state index in [0.29, 0.717) is 24.9 Å². The minimum Gasteiger partial charge on any atom is -0.383 e. The number of pyridine rings is 1. The van der Waals surface area contributed by atoms with Gasteiger partial charge in [0, 0.05) is 49.5 Å². The molecular weight excluding hydrogens is 370 g/mol. The maximum absolute atomic E-state index is 11.8. The van der Waals surface area contributed by atoms with Crippen LogP contribution in [-0.2, 0) is 4.74 Å². The van der Waals surface area contributed by atoms with E-state index < -0.39 is 5.91 Å². The molecular formula is C20H23N7O2. The van der Waals surface area contributed by atoms with Crippen LogP contribution in [0.5, 0.6) is 0 Å². The predicted octanol–water partition coefficient (Wildman–Crippen LogP) is 1.77. The second kappa shape index (κ2) is 9.58. The lowest BCUT2D eigenvalue weighted by Gasteiger charge is -2.14. The maximum Gasteiger partial charge on any atom is 0.254 e. The van der Waals surface area contributed by atoms with E-state index in [1.165, 1.54) is 6.20 Å². The van der Waals surface area contributed by atoms with Crippen LogP contribution in [0.4, 0.5) is 17.5 Å². The summed E-state index contributed by atoms with van der Waals surface area (Å²) < 4.78 is 5.01. The van der Waals surface area contributed by atoms with Gasteiger partial charge in [-0.2, -0.15) is 4.98 Å². The lowest BCUT2D eigenvalue weighted by molar-refractivity contribution is 0.100. The maximum atomic E-state index is 11.8. The molecule has 3 rings (SSSR count). The fourth-order valence-corrected chi connectivity index (χ4v) is 2.68. The van der Waals surface area contributed by atoms with Crippen molar-refractivity contribution in [3.05, 3.63) is 60.6 Å². The monoisotopic (exact) mass is 393 g/mol. The zero-order valence-electron chi connectivity index (χ0n) is 16.0. The van der Waals surface area contributed by atoms with Crippen molar-refractivity contribution in [2.24, 2.45) is 11.5 Å². The van der Waals surface area contributed by atoms with Gasteiger partial charge in [0.1, 0.15) is 11.4 Å². The van der Waals surface area contributed by atoms with E-state index >= 15 is 0 Å². The van der Waals surface area contributed by atoms with Crippen LogP contribution in [-0.4, -0.2) is 47.2 Å². The van der Waals surface area contributed by atoms with Crippen LogP contribution in [0, 0.1) is 0 Å². The number of nitrogens with one attached hydrogen (secondary N) is 2. The summed E-state index contributed by atoms with van der Waals surface area (Å²) in [5.74, 6) is 0.00432. The minimum atomic E-state index is -0.626. The van der Waals surface area contributed by atoms with Crippen LogP contribution in [0.1, 0.15) is 10.4 Å². The van der Waals surface area contributed by atoms with E-state index in [-0.39, 0.29) is 11.6 Å². The number of anilines is 3. The number of carbonyl (C=O) groups excluding carboxylic acids is 1. The Bertz CT molecular complexity index is 966. The summed E-state index contributed by atoms with van der Waals surface area (Å²) in [5.41, 5.74) is 14.3. The molecule has 1 unspecified atom stereocenters. The quantitative estimate of drug-likeness (QED) is 0.431. The van der Waals surface area contributed by atoms with Crippen molar-refractivity contribution in [1.29, 1.82) is 0 Å². The first-order valence-electron chi connectivity index (χ1n) is 8.99. The Morgan fingerprint density at radius 3 is 2.76 bits per heavy atom. The second-order valence-corrected chi connectivity index (χ2v) is 6.36. The molecule has 0 aliphatic carbocycles. The Balaban J connectivity index is 1.83. The molecule has 0 aliphatic heterocycles. The third kappa shape index (κ3) is 5.47. The molecule has 0 aliphatic rings. The van der Waals surface area contributed by atoms with E-state index in [2.05, 4.69) is 25.6 Å². The van der Waals surface area contributed by atoms with Crippen molar-refractivity contribution in [3.8, 4) is 11.1 Å². The summed E-state index contributed by atoms with van der Waals surface area (Å²) in [6.07, 6.45) is 4.88. The second-order valence-electron chi connectivity index (χ2n) is 6.36.